The molecule has 0 aliphatic carbocycles. The normalized spacial score (nSPS) is 14.9. The summed E-state index contributed by atoms with van der Waals surface area (Å²) in [4.78, 5) is 13.6. The molecule has 1 N–H and O–H groups in total. The van der Waals surface area contributed by atoms with Crippen LogP contribution in [0.1, 0.15) is 20.8 Å². The first-order valence-corrected chi connectivity index (χ1v) is 8.31. The van der Waals surface area contributed by atoms with Gasteiger partial charge in [-0.1, -0.05) is 42.5 Å². The van der Waals surface area contributed by atoms with Crippen LogP contribution in [0, 0.1) is 0 Å². The molecular formula is C20H24N2O2. The predicted octanol–water partition coefficient (Wildman–Crippen LogP) is 4.38. The molecule has 24 heavy (non-hydrogen) atoms. The van der Waals surface area contributed by atoms with Crippen molar-refractivity contribution in [2.24, 2.45) is 0 Å². The largest absolute Gasteiger partial charge is 0.444 e. The van der Waals surface area contributed by atoms with Crippen molar-refractivity contribution >= 4 is 11.8 Å². The zero-order valence-electron chi connectivity index (χ0n) is 14.5. The molecule has 0 atom stereocenters. The monoisotopic (exact) mass is 324 g/mol. The van der Waals surface area contributed by atoms with Crippen LogP contribution >= 0.6 is 0 Å². The number of nitrogens with one attached hydrogen (secondary N) is 1. The number of benzene rings is 2. The predicted molar refractivity (Wildman–Crippen MR) is 97.1 cm³/mol. The molecule has 0 spiro atoms. The SMILES string of the molecule is CC(C)(C)OC(=O)N1CC(Nc2ccc(-c3ccccc3)cc2)C1. The van der Waals surface area contributed by atoms with E-state index in [1.54, 1.807) is 4.90 Å². The van der Waals surface area contributed by atoms with Crippen molar-refractivity contribution in [2.75, 3.05) is 18.4 Å². The Morgan fingerprint density at radius 1 is 1.00 bits per heavy atom. The summed E-state index contributed by atoms with van der Waals surface area (Å²) in [5, 5.41) is 3.46. The molecule has 1 saturated heterocycles. The van der Waals surface area contributed by atoms with Gasteiger partial charge in [-0.3, -0.25) is 0 Å². The number of likely N-dealkylation sites (tertiary alicyclic amines) is 1. The molecule has 1 heterocycles. The Morgan fingerprint density at radius 3 is 2.17 bits per heavy atom. The van der Waals surface area contributed by atoms with Crippen LogP contribution < -0.4 is 5.32 Å². The molecule has 1 amide bonds. The summed E-state index contributed by atoms with van der Waals surface area (Å²) in [7, 11) is 0. The molecule has 2 aromatic carbocycles. The van der Waals surface area contributed by atoms with Crippen molar-refractivity contribution in [1.29, 1.82) is 0 Å². The van der Waals surface area contributed by atoms with Crippen molar-refractivity contribution in [2.45, 2.75) is 32.4 Å². The maximum atomic E-state index is 11.9. The number of rotatable bonds is 3. The van der Waals surface area contributed by atoms with E-state index in [2.05, 4.69) is 41.7 Å². The third kappa shape index (κ3) is 4.07. The van der Waals surface area contributed by atoms with E-state index in [9.17, 15) is 4.79 Å². The molecule has 1 aliphatic heterocycles. The third-order valence-corrected chi connectivity index (χ3v) is 3.90. The van der Waals surface area contributed by atoms with Gasteiger partial charge >= 0.3 is 6.09 Å². The van der Waals surface area contributed by atoms with Crippen LogP contribution in [-0.2, 0) is 4.74 Å². The quantitative estimate of drug-likeness (QED) is 0.910. The highest BCUT2D eigenvalue weighted by Crippen LogP contribution is 2.23. The molecule has 0 unspecified atom stereocenters. The van der Waals surface area contributed by atoms with Crippen molar-refractivity contribution in [3.05, 3.63) is 54.6 Å². The number of anilines is 1. The minimum absolute atomic E-state index is 0.236. The first-order valence-electron chi connectivity index (χ1n) is 8.31. The van der Waals surface area contributed by atoms with Gasteiger partial charge in [-0.05, 0) is 44.0 Å². The average Bonchev–Trinajstić information content (AvgIpc) is 2.50. The molecule has 4 nitrogen and oxygen atoms in total. The molecule has 3 rings (SSSR count). The summed E-state index contributed by atoms with van der Waals surface area (Å²) >= 11 is 0. The summed E-state index contributed by atoms with van der Waals surface area (Å²) in [6, 6.07) is 19.0. The van der Waals surface area contributed by atoms with Crippen molar-refractivity contribution < 1.29 is 9.53 Å². The van der Waals surface area contributed by atoms with Gasteiger partial charge < -0.3 is 15.0 Å². The number of carbonyl (C=O) groups is 1. The smallest absolute Gasteiger partial charge is 0.410 e. The molecule has 2 aromatic rings. The highest BCUT2D eigenvalue weighted by molar-refractivity contribution is 5.70. The van der Waals surface area contributed by atoms with E-state index in [1.165, 1.54) is 11.1 Å². The second-order valence-electron chi connectivity index (χ2n) is 7.17. The molecule has 0 radical (unpaired) electrons. The van der Waals surface area contributed by atoms with Crippen LogP contribution in [0.3, 0.4) is 0 Å². The Labute approximate surface area is 143 Å². The summed E-state index contributed by atoms with van der Waals surface area (Å²) < 4.78 is 5.36. The van der Waals surface area contributed by atoms with Gasteiger partial charge in [-0.25, -0.2) is 4.79 Å². The fraction of sp³-hybridized carbons (Fsp3) is 0.350. The first-order chi connectivity index (χ1) is 11.4. The molecule has 1 fully saturated rings. The Balaban J connectivity index is 1.51. The minimum Gasteiger partial charge on any atom is -0.444 e. The number of hydrogen-bond acceptors (Lipinski definition) is 3. The van der Waals surface area contributed by atoms with Gasteiger partial charge in [0.2, 0.25) is 0 Å². The van der Waals surface area contributed by atoms with E-state index in [4.69, 9.17) is 4.74 Å². The second kappa shape index (κ2) is 6.56. The summed E-state index contributed by atoms with van der Waals surface area (Å²) in [5.41, 5.74) is 3.04. The van der Waals surface area contributed by atoms with E-state index in [1.807, 2.05) is 39.0 Å². The van der Waals surface area contributed by atoms with Crippen LogP contribution in [0.15, 0.2) is 54.6 Å². The van der Waals surface area contributed by atoms with E-state index in [0.29, 0.717) is 13.1 Å². The fourth-order valence-corrected chi connectivity index (χ4v) is 2.67. The lowest BCUT2D eigenvalue weighted by Crippen LogP contribution is -2.57. The van der Waals surface area contributed by atoms with Gasteiger partial charge in [0.25, 0.3) is 0 Å². The Kier molecular flexibility index (Phi) is 4.47. The van der Waals surface area contributed by atoms with Gasteiger partial charge in [0, 0.05) is 18.8 Å². The summed E-state index contributed by atoms with van der Waals surface area (Å²) in [5.74, 6) is 0. The molecular weight excluding hydrogens is 300 g/mol. The van der Waals surface area contributed by atoms with Crippen molar-refractivity contribution in [3.63, 3.8) is 0 Å². The van der Waals surface area contributed by atoms with Crippen molar-refractivity contribution in [3.8, 4) is 11.1 Å². The molecule has 1 aliphatic rings. The van der Waals surface area contributed by atoms with E-state index >= 15 is 0 Å². The summed E-state index contributed by atoms with van der Waals surface area (Å²) in [6.45, 7) is 7.00. The number of hydrogen-bond donors (Lipinski definition) is 1. The van der Waals surface area contributed by atoms with Crippen LogP contribution in [-0.4, -0.2) is 35.7 Å². The molecule has 0 saturated carbocycles. The molecule has 126 valence electrons. The topological polar surface area (TPSA) is 41.6 Å². The van der Waals surface area contributed by atoms with Crippen LogP contribution in [0.5, 0.6) is 0 Å². The van der Waals surface area contributed by atoms with Crippen LogP contribution in [0.2, 0.25) is 0 Å². The van der Waals surface area contributed by atoms with E-state index in [0.717, 1.165) is 5.69 Å². The molecule has 0 bridgehead atoms. The average molecular weight is 324 g/mol. The maximum Gasteiger partial charge on any atom is 0.410 e. The van der Waals surface area contributed by atoms with Crippen LogP contribution in [0.4, 0.5) is 10.5 Å². The highest BCUT2D eigenvalue weighted by atomic mass is 16.6. The number of amides is 1. The fourth-order valence-electron chi connectivity index (χ4n) is 2.67. The van der Waals surface area contributed by atoms with Gasteiger partial charge in [-0.15, -0.1) is 0 Å². The van der Waals surface area contributed by atoms with E-state index in [-0.39, 0.29) is 12.1 Å². The van der Waals surface area contributed by atoms with Gasteiger partial charge in [0.05, 0.1) is 6.04 Å². The lowest BCUT2D eigenvalue weighted by atomic mass is 10.0. The molecule has 4 heteroatoms. The number of ether oxygens (including phenoxy) is 1. The first kappa shape index (κ1) is 16.4. The maximum absolute atomic E-state index is 11.9. The van der Waals surface area contributed by atoms with Gasteiger partial charge in [0.15, 0.2) is 0 Å². The third-order valence-electron chi connectivity index (χ3n) is 3.90. The van der Waals surface area contributed by atoms with Gasteiger partial charge in [0.1, 0.15) is 5.60 Å². The van der Waals surface area contributed by atoms with Crippen molar-refractivity contribution in [1.82, 2.24) is 4.90 Å². The Morgan fingerprint density at radius 2 is 1.58 bits per heavy atom. The van der Waals surface area contributed by atoms with Gasteiger partial charge in [-0.2, -0.15) is 0 Å². The Bertz CT molecular complexity index is 684. The van der Waals surface area contributed by atoms with Crippen LogP contribution in [0.25, 0.3) is 11.1 Å². The Hall–Kier alpha value is -2.49. The lowest BCUT2D eigenvalue weighted by molar-refractivity contribution is 0.0105. The summed E-state index contributed by atoms with van der Waals surface area (Å²) in [6.07, 6.45) is -0.236. The zero-order chi connectivity index (χ0) is 17.2. The number of carbonyl (C=O) groups excluding carboxylic acids is 1. The zero-order valence-corrected chi connectivity index (χ0v) is 14.5. The minimum atomic E-state index is -0.442. The van der Waals surface area contributed by atoms with E-state index < -0.39 is 5.60 Å². The lowest BCUT2D eigenvalue weighted by Gasteiger charge is -2.40. The number of nitrogens with zero attached hydrogens (tertiary/aromatic N) is 1. The second-order valence-corrected chi connectivity index (χ2v) is 7.17. The standard InChI is InChI=1S/C20H24N2O2/c1-20(2,3)24-19(23)22-13-18(14-22)21-17-11-9-16(10-12-17)15-7-5-4-6-8-15/h4-12,18,21H,13-14H2,1-3H3. The molecule has 0 aromatic heterocycles. The highest BCUT2D eigenvalue weighted by Gasteiger charge is 2.33.